The maximum atomic E-state index is 14.2. The molecule has 1 aliphatic carbocycles. The van der Waals surface area contributed by atoms with Crippen molar-refractivity contribution in [3.63, 3.8) is 0 Å². The Bertz CT molecular complexity index is 1170. The first kappa shape index (κ1) is 27.7. The molecule has 1 aromatic carbocycles. The number of nitrogens with zero attached hydrogens (tertiary/aromatic N) is 2. The zero-order chi connectivity index (χ0) is 27.9. The Morgan fingerprint density at radius 1 is 1.07 bits per heavy atom. The number of nitrogens with one attached hydrogen (secondary N) is 2. The van der Waals surface area contributed by atoms with Crippen LogP contribution in [0.4, 0.5) is 5.69 Å². The number of likely N-dealkylation sites (tertiary alicyclic amines) is 2. The molecule has 6 atom stereocenters. The topological polar surface area (TPSA) is 91.0 Å². The highest BCUT2D eigenvalue weighted by molar-refractivity contribution is 6.30. The summed E-state index contributed by atoms with van der Waals surface area (Å²) in [7, 11) is 0. The molecule has 5 aliphatic rings. The number of ether oxygens (including phenoxy) is 1. The number of carbonyl (C=O) groups is 3. The summed E-state index contributed by atoms with van der Waals surface area (Å²) < 4.78 is 6.50. The quantitative estimate of drug-likeness (QED) is 0.460. The number of amides is 3. The monoisotopic (exact) mass is 568 g/mol. The third-order valence-electron chi connectivity index (χ3n) is 9.82. The number of piperidine rings is 1. The van der Waals surface area contributed by atoms with E-state index < -0.39 is 29.6 Å². The summed E-state index contributed by atoms with van der Waals surface area (Å²) in [6, 6.07) is 6.80. The van der Waals surface area contributed by atoms with Crippen molar-refractivity contribution in [2.24, 2.45) is 11.8 Å². The van der Waals surface area contributed by atoms with Gasteiger partial charge in [-0.1, -0.05) is 62.4 Å². The van der Waals surface area contributed by atoms with Gasteiger partial charge in [-0.05, 0) is 56.8 Å². The van der Waals surface area contributed by atoms with Crippen molar-refractivity contribution < 1.29 is 19.1 Å². The van der Waals surface area contributed by atoms with Crippen LogP contribution in [0.25, 0.3) is 0 Å². The fourth-order valence-electron chi connectivity index (χ4n) is 7.88. The molecule has 3 saturated heterocycles. The van der Waals surface area contributed by atoms with Gasteiger partial charge in [-0.25, -0.2) is 0 Å². The molecule has 6 unspecified atom stereocenters. The summed E-state index contributed by atoms with van der Waals surface area (Å²) in [6.07, 6.45) is 13.2. The van der Waals surface area contributed by atoms with Crippen LogP contribution in [-0.2, 0) is 19.1 Å². The van der Waals surface area contributed by atoms with Crippen molar-refractivity contribution in [1.82, 2.24) is 15.1 Å². The van der Waals surface area contributed by atoms with E-state index in [4.69, 9.17) is 16.3 Å². The first-order valence-electron chi connectivity index (χ1n) is 15.2. The molecule has 8 nitrogen and oxygen atoms in total. The molecule has 1 saturated carbocycles. The Labute approximate surface area is 241 Å². The minimum absolute atomic E-state index is 0.115. The number of halogens is 1. The highest BCUT2D eigenvalue weighted by atomic mass is 35.5. The van der Waals surface area contributed by atoms with Gasteiger partial charge < -0.3 is 20.3 Å². The molecule has 4 aliphatic heterocycles. The summed E-state index contributed by atoms with van der Waals surface area (Å²) in [5.41, 5.74) is -0.564. The second-order valence-corrected chi connectivity index (χ2v) is 12.6. The smallest absolute Gasteiger partial charge is 0.246 e. The van der Waals surface area contributed by atoms with Gasteiger partial charge in [0.1, 0.15) is 11.6 Å². The van der Waals surface area contributed by atoms with Crippen LogP contribution < -0.4 is 10.6 Å². The van der Waals surface area contributed by atoms with Gasteiger partial charge in [-0.3, -0.25) is 19.3 Å². The van der Waals surface area contributed by atoms with E-state index in [1.165, 1.54) is 19.3 Å². The molecule has 9 heteroatoms. The van der Waals surface area contributed by atoms with E-state index in [0.717, 1.165) is 45.1 Å². The first-order chi connectivity index (χ1) is 19.4. The molecule has 40 heavy (non-hydrogen) atoms. The lowest BCUT2D eigenvalue weighted by Crippen LogP contribution is -2.57. The lowest BCUT2D eigenvalue weighted by molar-refractivity contribution is -0.141. The summed E-state index contributed by atoms with van der Waals surface area (Å²) in [5, 5.41) is 6.74. The second-order valence-electron chi connectivity index (χ2n) is 12.2. The van der Waals surface area contributed by atoms with Crippen LogP contribution in [0.1, 0.15) is 64.7 Å². The molecule has 0 aromatic heterocycles. The van der Waals surface area contributed by atoms with Crippen LogP contribution >= 0.6 is 11.6 Å². The van der Waals surface area contributed by atoms with Crippen LogP contribution in [0.2, 0.25) is 5.02 Å². The van der Waals surface area contributed by atoms with E-state index in [1.54, 1.807) is 29.2 Å². The molecule has 2 N–H and O–H groups in total. The van der Waals surface area contributed by atoms with E-state index in [2.05, 4.69) is 22.5 Å². The van der Waals surface area contributed by atoms with E-state index in [9.17, 15) is 14.4 Å². The van der Waals surface area contributed by atoms with Crippen molar-refractivity contribution in [1.29, 1.82) is 0 Å². The zero-order valence-electron chi connectivity index (χ0n) is 23.3. The number of carbonyl (C=O) groups excluding carboxylic acids is 3. The van der Waals surface area contributed by atoms with Crippen molar-refractivity contribution in [3.8, 4) is 0 Å². The maximum absolute atomic E-state index is 14.2. The van der Waals surface area contributed by atoms with Crippen LogP contribution in [-0.4, -0.2) is 77.0 Å². The predicted molar refractivity (Wildman–Crippen MR) is 154 cm³/mol. The van der Waals surface area contributed by atoms with E-state index >= 15 is 0 Å². The summed E-state index contributed by atoms with van der Waals surface area (Å²) in [5.74, 6) is -2.06. The molecule has 1 aromatic rings. The van der Waals surface area contributed by atoms with E-state index in [1.807, 2.05) is 12.2 Å². The molecular weight excluding hydrogens is 528 g/mol. The fourth-order valence-corrected chi connectivity index (χ4v) is 8.07. The third-order valence-corrected chi connectivity index (χ3v) is 10.1. The van der Waals surface area contributed by atoms with E-state index in [-0.39, 0.29) is 23.8 Å². The molecule has 2 bridgehead atoms. The lowest BCUT2D eigenvalue weighted by atomic mass is 9.74. The molecule has 1 spiro atoms. The standard InChI is InChI=1S/C31H41ClN4O4/c1-2-23-13-6-7-16-35(23)17-18-36-27(29(38)33-21-10-4-3-5-11-21)31-15-14-24(40-31)25(26(31)30(36)39)28(37)34-22-12-8-9-20(32)19-22/h8-9,12,14-15,19,21,23-27H,2-7,10-11,13,16-18H2,1H3,(H,33,38)(H,34,37). The minimum Gasteiger partial charge on any atom is -0.359 e. The number of fused-ring (bicyclic) bond motifs is 1. The van der Waals surface area contributed by atoms with Gasteiger partial charge in [0.15, 0.2) is 0 Å². The van der Waals surface area contributed by atoms with Crippen LogP contribution in [0.3, 0.4) is 0 Å². The van der Waals surface area contributed by atoms with Gasteiger partial charge in [-0.15, -0.1) is 0 Å². The second kappa shape index (κ2) is 11.5. The first-order valence-corrected chi connectivity index (χ1v) is 15.6. The number of hydrogen-bond donors (Lipinski definition) is 2. The Balaban J connectivity index is 1.27. The van der Waals surface area contributed by atoms with Crippen LogP contribution in [0.5, 0.6) is 0 Å². The molecule has 4 heterocycles. The van der Waals surface area contributed by atoms with Crippen LogP contribution in [0, 0.1) is 11.8 Å². The van der Waals surface area contributed by atoms with Crippen LogP contribution in [0.15, 0.2) is 36.4 Å². The van der Waals surface area contributed by atoms with Crippen molar-refractivity contribution in [2.75, 3.05) is 25.0 Å². The highest BCUT2D eigenvalue weighted by Crippen LogP contribution is 2.55. The van der Waals surface area contributed by atoms with Gasteiger partial charge in [0.25, 0.3) is 0 Å². The summed E-state index contributed by atoms with van der Waals surface area (Å²) in [6.45, 7) is 4.39. The predicted octanol–water partition coefficient (Wildman–Crippen LogP) is 4.14. The van der Waals surface area contributed by atoms with Gasteiger partial charge in [0.05, 0.1) is 17.9 Å². The molecular formula is C31H41ClN4O4. The molecule has 0 radical (unpaired) electrons. The van der Waals surface area contributed by atoms with Gasteiger partial charge >= 0.3 is 0 Å². The van der Waals surface area contributed by atoms with E-state index in [0.29, 0.717) is 29.8 Å². The van der Waals surface area contributed by atoms with Gasteiger partial charge in [0.2, 0.25) is 17.7 Å². The Kier molecular flexibility index (Phi) is 7.94. The highest BCUT2D eigenvalue weighted by Gasteiger charge is 2.72. The third kappa shape index (κ3) is 4.96. The molecule has 216 valence electrons. The van der Waals surface area contributed by atoms with Gasteiger partial charge in [-0.2, -0.15) is 0 Å². The number of hydrogen-bond acceptors (Lipinski definition) is 5. The molecule has 6 rings (SSSR count). The molecule has 4 fully saturated rings. The van der Waals surface area contributed by atoms with Crippen molar-refractivity contribution in [2.45, 2.75) is 94.5 Å². The average Bonchev–Trinajstić information content (AvgIpc) is 3.60. The number of anilines is 1. The van der Waals surface area contributed by atoms with Crippen molar-refractivity contribution >= 4 is 35.0 Å². The Morgan fingerprint density at radius 3 is 2.65 bits per heavy atom. The Hall–Kier alpha value is -2.42. The average molecular weight is 569 g/mol. The van der Waals surface area contributed by atoms with Crippen molar-refractivity contribution in [3.05, 3.63) is 41.4 Å². The zero-order valence-corrected chi connectivity index (χ0v) is 24.1. The SMILES string of the molecule is CCC1CCCCN1CCN1C(=O)C2C(C(=O)Nc3cccc(Cl)c3)C3C=CC2(O3)C1C(=O)NC1CCCCC1. The largest absolute Gasteiger partial charge is 0.359 e. The lowest BCUT2D eigenvalue weighted by Gasteiger charge is -2.38. The summed E-state index contributed by atoms with van der Waals surface area (Å²) in [4.78, 5) is 46.1. The normalized spacial score (nSPS) is 33.8. The Morgan fingerprint density at radius 2 is 1.88 bits per heavy atom. The maximum Gasteiger partial charge on any atom is 0.246 e. The number of rotatable bonds is 8. The van der Waals surface area contributed by atoms with Gasteiger partial charge in [0, 0.05) is 35.9 Å². The summed E-state index contributed by atoms with van der Waals surface area (Å²) >= 11 is 6.14. The molecule has 3 amide bonds. The number of benzene rings is 1. The fraction of sp³-hybridized carbons (Fsp3) is 0.645. The minimum atomic E-state index is -1.14.